The van der Waals surface area contributed by atoms with E-state index >= 15 is 0 Å². The van der Waals surface area contributed by atoms with Crippen LogP contribution in [0.15, 0.2) is 18.2 Å². The number of carbonyl (C=O) groups is 3. The third-order valence-electron chi connectivity index (χ3n) is 5.30. The molecule has 1 heterocycles. The van der Waals surface area contributed by atoms with Crippen LogP contribution in [0.4, 0.5) is 0 Å². The lowest BCUT2D eigenvalue weighted by molar-refractivity contribution is -0.138. The van der Waals surface area contributed by atoms with Crippen LogP contribution < -0.4 is 27.0 Å². The Morgan fingerprint density at radius 1 is 0.917 bits per heavy atom. The first-order valence-electron chi connectivity index (χ1n) is 11.4. The Labute approximate surface area is 230 Å². The zero-order chi connectivity index (χ0) is 24.1. The highest BCUT2D eigenvalue weighted by atomic mass is 35.5. The van der Waals surface area contributed by atoms with Crippen LogP contribution in [-0.4, -0.2) is 91.2 Å². The zero-order valence-electron chi connectivity index (χ0n) is 20.2. The molecule has 0 radical (unpaired) electrons. The molecular formula is C22H39Cl3N6O5. The highest BCUT2D eigenvalue weighted by Crippen LogP contribution is 2.22. The van der Waals surface area contributed by atoms with E-state index in [9.17, 15) is 24.6 Å². The van der Waals surface area contributed by atoms with Gasteiger partial charge in [-0.15, -0.1) is 37.2 Å². The van der Waals surface area contributed by atoms with E-state index in [2.05, 4.69) is 21.3 Å². The number of halogens is 3. The quantitative estimate of drug-likeness (QED) is 0.242. The van der Waals surface area contributed by atoms with E-state index in [4.69, 9.17) is 5.73 Å². The van der Waals surface area contributed by atoms with Crippen LogP contribution in [0.1, 0.15) is 24.8 Å². The summed E-state index contributed by atoms with van der Waals surface area (Å²) in [6, 6.07) is 2.81. The number of benzene rings is 1. The molecule has 0 saturated carbocycles. The van der Waals surface area contributed by atoms with Crippen molar-refractivity contribution in [2.45, 2.75) is 31.7 Å². The third kappa shape index (κ3) is 13.9. The number of carbonyl (C=O) groups excluding carboxylic acids is 3. The van der Waals surface area contributed by atoms with Crippen LogP contribution in [0.5, 0.6) is 11.5 Å². The lowest BCUT2D eigenvalue weighted by Crippen LogP contribution is -2.52. The Kier molecular flexibility index (Phi) is 20.2. The minimum Gasteiger partial charge on any atom is -0.508 e. The average molecular weight is 574 g/mol. The van der Waals surface area contributed by atoms with Gasteiger partial charge in [-0.25, -0.2) is 0 Å². The standard InChI is InChI=1S/C22H36N6O5.3ClH/c23-20(31)15-18(27-21(32)13-16-3-4-17(29)14-19(16)30)22(33)28-11-2-7-25-9-8-24-5-1-6-26-10-12-28;;;/h3-4,14,18,24-26,29-30H,1-2,5-13,15H2,(H2,23,31)(H,27,32);3*1H/t18-;;;/m0.../s1. The van der Waals surface area contributed by atoms with Crippen molar-refractivity contribution in [2.75, 3.05) is 52.4 Å². The highest BCUT2D eigenvalue weighted by Gasteiger charge is 2.27. The van der Waals surface area contributed by atoms with Crippen molar-refractivity contribution in [2.24, 2.45) is 5.73 Å². The number of phenolic OH excluding ortho intramolecular Hbond substituents is 2. The molecule has 1 atom stereocenters. The van der Waals surface area contributed by atoms with Gasteiger partial charge in [0.1, 0.15) is 17.5 Å². The van der Waals surface area contributed by atoms with Crippen LogP contribution in [0.3, 0.4) is 0 Å². The SMILES string of the molecule is Cl.Cl.Cl.NC(=O)C[C@H](NC(=O)Cc1ccc(O)cc1O)C(=O)N1CCCNCCNCCCNCC1. The van der Waals surface area contributed by atoms with Crippen LogP contribution in [-0.2, 0) is 20.8 Å². The average Bonchev–Trinajstić information content (AvgIpc) is 2.76. The van der Waals surface area contributed by atoms with E-state index in [1.165, 1.54) is 12.1 Å². The largest absolute Gasteiger partial charge is 0.508 e. The molecule has 0 aromatic heterocycles. The van der Waals surface area contributed by atoms with Crippen molar-refractivity contribution in [3.63, 3.8) is 0 Å². The van der Waals surface area contributed by atoms with Crippen molar-refractivity contribution < 1.29 is 24.6 Å². The van der Waals surface area contributed by atoms with E-state index in [0.717, 1.165) is 51.6 Å². The monoisotopic (exact) mass is 572 g/mol. The molecule has 2 rings (SSSR count). The van der Waals surface area contributed by atoms with Crippen LogP contribution >= 0.6 is 37.2 Å². The minimum atomic E-state index is -1.09. The molecule has 1 aromatic rings. The van der Waals surface area contributed by atoms with Crippen LogP contribution in [0.2, 0.25) is 0 Å². The van der Waals surface area contributed by atoms with Gasteiger partial charge >= 0.3 is 0 Å². The number of hydrogen-bond acceptors (Lipinski definition) is 8. The molecule has 0 bridgehead atoms. The molecule has 36 heavy (non-hydrogen) atoms. The molecule has 11 nitrogen and oxygen atoms in total. The lowest BCUT2D eigenvalue weighted by Gasteiger charge is -2.28. The fourth-order valence-electron chi connectivity index (χ4n) is 3.57. The molecule has 1 aliphatic rings. The van der Waals surface area contributed by atoms with E-state index in [-0.39, 0.29) is 67.5 Å². The summed E-state index contributed by atoms with van der Waals surface area (Å²) in [6.45, 7) is 5.71. The van der Waals surface area contributed by atoms with Gasteiger partial charge in [-0.1, -0.05) is 6.07 Å². The molecule has 0 unspecified atom stereocenters. The molecule has 1 aromatic carbocycles. The second kappa shape index (κ2) is 20.1. The van der Waals surface area contributed by atoms with E-state index in [1.807, 2.05) is 0 Å². The zero-order valence-corrected chi connectivity index (χ0v) is 22.6. The molecule has 208 valence electrons. The second-order valence-electron chi connectivity index (χ2n) is 8.06. The van der Waals surface area contributed by atoms with E-state index < -0.39 is 17.9 Å². The maximum Gasteiger partial charge on any atom is 0.245 e. The highest BCUT2D eigenvalue weighted by molar-refractivity contribution is 5.92. The number of amides is 3. The van der Waals surface area contributed by atoms with Crippen molar-refractivity contribution in [3.8, 4) is 11.5 Å². The normalized spacial score (nSPS) is 16.1. The third-order valence-corrected chi connectivity index (χ3v) is 5.30. The summed E-state index contributed by atoms with van der Waals surface area (Å²) < 4.78 is 0. The van der Waals surface area contributed by atoms with Gasteiger partial charge in [-0.3, -0.25) is 14.4 Å². The molecule has 8 N–H and O–H groups in total. The van der Waals surface area contributed by atoms with Gasteiger partial charge in [-0.05, 0) is 38.5 Å². The van der Waals surface area contributed by atoms with Gasteiger partial charge in [0.25, 0.3) is 0 Å². The summed E-state index contributed by atoms with van der Waals surface area (Å²) in [5, 5.41) is 31.9. The van der Waals surface area contributed by atoms with Crippen molar-refractivity contribution in [3.05, 3.63) is 23.8 Å². The number of nitrogens with zero attached hydrogens (tertiary/aromatic N) is 1. The van der Waals surface area contributed by atoms with Gasteiger partial charge in [0.05, 0.1) is 12.8 Å². The fraction of sp³-hybridized carbons (Fsp3) is 0.591. The molecule has 1 aliphatic heterocycles. The smallest absolute Gasteiger partial charge is 0.245 e. The maximum atomic E-state index is 13.2. The van der Waals surface area contributed by atoms with Crippen molar-refractivity contribution in [1.82, 2.24) is 26.2 Å². The van der Waals surface area contributed by atoms with Gasteiger partial charge in [0.2, 0.25) is 17.7 Å². The number of nitrogens with two attached hydrogens (primary N) is 1. The molecule has 1 saturated heterocycles. The molecule has 14 heteroatoms. The number of phenols is 2. The van der Waals surface area contributed by atoms with Gasteiger partial charge in [0.15, 0.2) is 0 Å². The van der Waals surface area contributed by atoms with Crippen LogP contribution in [0.25, 0.3) is 0 Å². The number of hydrogen-bond donors (Lipinski definition) is 7. The number of primary amides is 1. The van der Waals surface area contributed by atoms with Crippen LogP contribution in [0, 0.1) is 0 Å². The molecule has 0 spiro atoms. The van der Waals surface area contributed by atoms with Gasteiger partial charge < -0.3 is 42.1 Å². The predicted molar refractivity (Wildman–Crippen MR) is 145 cm³/mol. The molecule has 0 aliphatic carbocycles. The van der Waals surface area contributed by atoms with Gasteiger partial charge in [0, 0.05) is 44.4 Å². The number of rotatable bonds is 6. The Bertz CT molecular complexity index is 791. The number of aromatic hydroxyl groups is 2. The molecule has 1 fully saturated rings. The summed E-state index contributed by atoms with van der Waals surface area (Å²) >= 11 is 0. The maximum absolute atomic E-state index is 13.2. The predicted octanol–water partition coefficient (Wildman–Crippen LogP) is -0.343. The first kappa shape index (κ1) is 36.1. The van der Waals surface area contributed by atoms with E-state index in [0.29, 0.717) is 25.2 Å². The number of nitrogens with one attached hydrogen (secondary N) is 4. The van der Waals surface area contributed by atoms with Gasteiger partial charge in [-0.2, -0.15) is 0 Å². The van der Waals surface area contributed by atoms with Crippen molar-refractivity contribution >= 4 is 54.9 Å². The summed E-state index contributed by atoms with van der Waals surface area (Å²) in [4.78, 5) is 39.1. The Balaban J connectivity index is 0. The Hall–Kier alpha value is -2.02. The molecule has 3 amide bonds. The summed E-state index contributed by atoms with van der Waals surface area (Å²) in [5.74, 6) is -1.96. The summed E-state index contributed by atoms with van der Waals surface area (Å²) in [5.41, 5.74) is 5.63. The first-order chi connectivity index (χ1) is 15.9. The first-order valence-corrected chi connectivity index (χ1v) is 11.4. The summed E-state index contributed by atoms with van der Waals surface area (Å²) in [7, 11) is 0. The lowest BCUT2D eigenvalue weighted by atomic mass is 10.1. The van der Waals surface area contributed by atoms with Crippen molar-refractivity contribution in [1.29, 1.82) is 0 Å². The minimum absolute atomic E-state index is 0. The van der Waals surface area contributed by atoms with E-state index in [1.54, 1.807) is 4.90 Å². The Morgan fingerprint density at radius 2 is 1.53 bits per heavy atom. The summed E-state index contributed by atoms with van der Waals surface area (Å²) in [6.07, 6.45) is 1.16. The fourth-order valence-corrected chi connectivity index (χ4v) is 3.57. The Morgan fingerprint density at radius 3 is 2.14 bits per heavy atom. The second-order valence-corrected chi connectivity index (χ2v) is 8.06. The topological polar surface area (TPSA) is 169 Å². The molecular weight excluding hydrogens is 535 g/mol.